The topological polar surface area (TPSA) is 36.9 Å². The van der Waals surface area contributed by atoms with Crippen molar-refractivity contribution in [1.29, 1.82) is 0 Å². The van der Waals surface area contributed by atoms with Gasteiger partial charge in [-0.1, -0.05) is 6.08 Å². The standard InChI is InChI=1S/C13H28O4Si/c1-6-11-14-13(5)10-12-18(15-7-2,16-8-3)17-9-4/h6,11,13H,7-10,12H2,1-5H3. The molecule has 0 bridgehead atoms. The first kappa shape index (κ1) is 17.6. The smallest absolute Gasteiger partial charge is 0.499 e. The molecule has 1 atom stereocenters. The zero-order chi connectivity index (χ0) is 13.9. The normalized spacial score (nSPS) is 14.1. The minimum Gasteiger partial charge on any atom is -0.499 e. The maximum atomic E-state index is 5.79. The zero-order valence-corrected chi connectivity index (χ0v) is 13.4. The molecule has 18 heavy (non-hydrogen) atoms. The van der Waals surface area contributed by atoms with Crippen LogP contribution >= 0.6 is 0 Å². The van der Waals surface area contributed by atoms with E-state index in [1.165, 1.54) is 0 Å². The average Bonchev–Trinajstić information content (AvgIpc) is 2.35. The predicted octanol–water partition coefficient (Wildman–Crippen LogP) is 3.36. The van der Waals surface area contributed by atoms with Crippen molar-refractivity contribution in [2.75, 3.05) is 19.8 Å². The molecule has 0 N–H and O–H groups in total. The molecule has 0 aromatic carbocycles. The monoisotopic (exact) mass is 276 g/mol. The van der Waals surface area contributed by atoms with Gasteiger partial charge in [0.1, 0.15) is 0 Å². The largest absolute Gasteiger partial charge is 0.501 e. The molecule has 0 aliphatic rings. The van der Waals surface area contributed by atoms with Crippen molar-refractivity contribution in [2.24, 2.45) is 0 Å². The quantitative estimate of drug-likeness (QED) is 0.428. The number of hydrogen-bond donors (Lipinski definition) is 0. The van der Waals surface area contributed by atoms with Crippen LogP contribution in [0.5, 0.6) is 0 Å². The number of allylic oxidation sites excluding steroid dienone is 1. The van der Waals surface area contributed by atoms with Gasteiger partial charge >= 0.3 is 8.80 Å². The van der Waals surface area contributed by atoms with Crippen molar-refractivity contribution in [3.05, 3.63) is 12.3 Å². The van der Waals surface area contributed by atoms with E-state index in [4.69, 9.17) is 18.0 Å². The van der Waals surface area contributed by atoms with E-state index in [0.717, 1.165) is 12.5 Å². The predicted molar refractivity (Wildman–Crippen MR) is 75.4 cm³/mol. The van der Waals surface area contributed by atoms with Crippen LogP contribution in [-0.4, -0.2) is 34.7 Å². The Hall–Kier alpha value is -0.363. The lowest BCUT2D eigenvalue weighted by Crippen LogP contribution is -2.46. The summed E-state index contributed by atoms with van der Waals surface area (Å²) < 4.78 is 22.9. The molecule has 0 amide bonds. The fourth-order valence-corrected chi connectivity index (χ4v) is 4.42. The Morgan fingerprint density at radius 2 is 1.50 bits per heavy atom. The molecule has 0 spiro atoms. The summed E-state index contributed by atoms with van der Waals surface area (Å²) in [7, 11) is -2.50. The highest BCUT2D eigenvalue weighted by Gasteiger charge is 2.40. The highest BCUT2D eigenvalue weighted by atomic mass is 28.4. The fourth-order valence-electron chi connectivity index (χ4n) is 1.66. The van der Waals surface area contributed by atoms with E-state index in [-0.39, 0.29) is 6.10 Å². The van der Waals surface area contributed by atoms with E-state index in [2.05, 4.69) is 0 Å². The van der Waals surface area contributed by atoms with Crippen LogP contribution in [0.1, 0.15) is 41.0 Å². The van der Waals surface area contributed by atoms with Gasteiger partial charge in [0.25, 0.3) is 0 Å². The van der Waals surface area contributed by atoms with Gasteiger partial charge in [-0.3, -0.25) is 0 Å². The summed E-state index contributed by atoms with van der Waals surface area (Å²) in [6, 6.07) is 0.793. The van der Waals surface area contributed by atoms with Gasteiger partial charge in [0.15, 0.2) is 0 Å². The van der Waals surface area contributed by atoms with Crippen molar-refractivity contribution >= 4 is 8.80 Å². The first-order valence-corrected chi connectivity index (χ1v) is 8.75. The van der Waals surface area contributed by atoms with Crippen LogP contribution in [0.25, 0.3) is 0 Å². The van der Waals surface area contributed by atoms with Crippen LogP contribution in [0.2, 0.25) is 6.04 Å². The summed E-state index contributed by atoms with van der Waals surface area (Å²) in [6.45, 7) is 11.8. The molecule has 0 heterocycles. The maximum Gasteiger partial charge on any atom is 0.501 e. The van der Waals surface area contributed by atoms with E-state index in [0.29, 0.717) is 19.8 Å². The van der Waals surface area contributed by atoms with Crippen molar-refractivity contribution in [1.82, 2.24) is 0 Å². The van der Waals surface area contributed by atoms with E-state index >= 15 is 0 Å². The molecule has 0 rings (SSSR count). The molecule has 5 heteroatoms. The molecular formula is C13H28O4Si. The molecule has 0 saturated heterocycles. The second kappa shape index (κ2) is 10.5. The first-order chi connectivity index (χ1) is 8.64. The van der Waals surface area contributed by atoms with Gasteiger partial charge in [-0.25, -0.2) is 0 Å². The highest BCUT2D eigenvalue weighted by molar-refractivity contribution is 6.60. The SMILES string of the molecule is CC=COC(C)CC[Si](OCC)(OCC)OCC. The third-order valence-corrected chi connectivity index (χ3v) is 5.48. The van der Waals surface area contributed by atoms with Crippen LogP contribution in [0.4, 0.5) is 0 Å². The molecule has 1 unspecified atom stereocenters. The van der Waals surface area contributed by atoms with Crippen molar-refractivity contribution < 1.29 is 18.0 Å². The molecule has 0 fully saturated rings. The molecule has 0 aliphatic heterocycles. The van der Waals surface area contributed by atoms with Crippen LogP contribution in [-0.2, 0) is 18.0 Å². The average molecular weight is 276 g/mol. The lowest BCUT2D eigenvalue weighted by molar-refractivity contribution is 0.0650. The minimum atomic E-state index is -2.50. The summed E-state index contributed by atoms with van der Waals surface area (Å²) >= 11 is 0. The summed E-state index contributed by atoms with van der Waals surface area (Å²) in [4.78, 5) is 0. The van der Waals surface area contributed by atoms with Gasteiger partial charge in [0, 0.05) is 25.9 Å². The lowest BCUT2D eigenvalue weighted by Gasteiger charge is -2.29. The van der Waals surface area contributed by atoms with Gasteiger partial charge in [0.05, 0.1) is 12.4 Å². The van der Waals surface area contributed by atoms with E-state index in [9.17, 15) is 0 Å². The van der Waals surface area contributed by atoms with Crippen molar-refractivity contribution in [3.8, 4) is 0 Å². The summed E-state index contributed by atoms with van der Waals surface area (Å²) in [5.74, 6) is 0. The molecule has 0 aromatic rings. The number of rotatable bonds is 11. The molecule has 0 aromatic heterocycles. The van der Waals surface area contributed by atoms with Crippen LogP contribution in [0.3, 0.4) is 0 Å². The van der Waals surface area contributed by atoms with E-state index < -0.39 is 8.80 Å². The molecule has 0 saturated carbocycles. The zero-order valence-electron chi connectivity index (χ0n) is 12.4. The Balaban J connectivity index is 4.36. The van der Waals surface area contributed by atoms with Gasteiger partial charge in [-0.15, -0.1) is 0 Å². The summed E-state index contributed by atoms with van der Waals surface area (Å²) in [6.07, 6.45) is 4.62. The third kappa shape index (κ3) is 7.16. The Morgan fingerprint density at radius 3 is 1.89 bits per heavy atom. The molecular weight excluding hydrogens is 248 g/mol. The van der Waals surface area contributed by atoms with Gasteiger partial charge in [0.2, 0.25) is 0 Å². The summed E-state index contributed by atoms with van der Waals surface area (Å²) in [5.41, 5.74) is 0. The van der Waals surface area contributed by atoms with E-state index in [1.807, 2.05) is 40.7 Å². The number of ether oxygens (including phenoxy) is 1. The fraction of sp³-hybridized carbons (Fsp3) is 0.846. The molecule has 4 nitrogen and oxygen atoms in total. The Morgan fingerprint density at radius 1 is 1.00 bits per heavy atom. The van der Waals surface area contributed by atoms with Crippen LogP contribution < -0.4 is 0 Å². The lowest BCUT2D eigenvalue weighted by atomic mass is 10.3. The van der Waals surface area contributed by atoms with E-state index in [1.54, 1.807) is 6.26 Å². The van der Waals surface area contributed by atoms with Crippen molar-refractivity contribution in [2.45, 2.75) is 53.2 Å². The van der Waals surface area contributed by atoms with Gasteiger partial charge < -0.3 is 18.0 Å². The summed E-state index contributed by atoms with van der Waals surface area (Å²) in [5, 5.41) is 0. The molecule has 108 valence electrons. The Labute approximate surface area is 113 Å². The second-order valence-electron chi connectivity index (χ2n) is 3.94. The van der Waals surface area contributed by atoms with Crippen LogP contribution in [0, 0.1) is 0 Å². The first-order valence-electron chi connectivity index (χ1n) is 6.82. The molecule has 0 aliphatic carbocycles. The minimum absolute atomic E-state index is 0.148. The van der Waals surface area contributed by atoms with Crippen molar-refractivity contribution in [3.63, 3.8) is 0 Å². The second-order valence-corrected chi connectivity index (χ2v) is 6.67. The highest BCUT2D eigenvalue weighted by Crippen LogP contribution is 2.20. The number of hydrogen-bond acceptors (Lipinski definition) is 4. The van der Waals surface area contributed by atoms with Gasteiger partial charge in [-0.2, -0.15) is 0 Å². The maximum absolute atomic E-state index is 5.79. The Kier molecular flexibility index (Phi) is 10.3. The Bertz CT molecular complexity index is 204. The third-order valence-electron chi connectivity index (χ3n) is 2.40. The van der Waals surface area contributed by atoms with Gasteiger partial charge in [-0.05, 0) is 41.0 Å². The van der Waals surface area contributed by atoms with Crippen LogP contribution in [0.15, 0.2) is 12.3 Å². The molecule has 0 radical (unpaired) electrons.